The topological polar surface area (TPSA) is 65.3 Å². The van der Waals surface area contributed by atoms with Crippen LogP contribution in [0.5, 0.6) is 17.2 Å². The van der Waals surface area contributed by atoms with E-state index in [0.29, 0.717) is 17.5 Å². The molecule has 0 aliphatic carbocycles. The van der Waals surface area contributed by atoms with Crippen LogP contribution >= 0.6 is 11.6 Å². The van der Waals surface area contributed by atoms with E-state index in [-0.39, 0.29) is 0 Å². The first-order chi connectivity index (χ1) is 23.0. The Balaban J connectivity index is 1.11. The fourth-order valence-electron chi connectivity index (χ4n) is 5.27. The normalized spacial score (nSPS) is 11.3. The van der Waals surface area contributed by atoms with Crippen LogP contribution in [0.25, 0.3) is 16.9 Å². The molecule has 3 aromatic heterocycles. The standard InChI is InChI=1S/C39H38ClN5O2/c1-29(2)25-39-43-38(28-45(39)34-13-19-37(20-14-34)47-36-17-11-31(40)12-18-36)30-9-15-35(16-10-30)46-24-23-44(26-32-7-3-5-21-41-32)27-33-8-4-6-22-42-33/h3-22,28-29H,23-27H2,1-2H3. The quantitative estimate of drug-likeness (QED) is 0.118. The van der Waals surface area contributed by atoms with E-state index in [1.165, 1.54) is 0 Å². The number of aromatic nitrogens is 4. The molecule has 3 heterocycles. The molecular weight excluding hydrogens is 606 g/mol. The molecular formula is C39H38ClN5O2. The van der Waals surface area contributed by atoms with Crippen molar-refractivity contribution >= 4 is 11.6 Å². The van der Waals surface area contributed by atoms with Gasteiger partial charge in [0.2, 0.25) is 0 Å². The molecule has 0 unspecified atom stereocenters. The highest BCUT2D eigenvalue weighted by molar-refractivity contribution is 6.30. The van der Waals surface area contributed by atoms with Crippen LogP contribution in [0.3, 0.4) is 0 Å². The van der Waals surface area contributed by atoms with Gasteiger partial charge in [0.15, 0.2) is 0 Å². The molecule has 0 spiro atoms. The maximum atomic E-state index is 6.19. The largest absolute Gasteiger partial charge is 0.492 e. The average molecular weight is 644 g/mol. The van der Waals surface area contributed by atoms with Crippen molar-refractivity contribution in [3.05, 3.63) is 150 Å². The van der Waals surface area contributed by atoms with Gasteiger partial charge in [-0.3, -0.25) is 14.9 Å². The molecule has 0 aliphatic heterocycles. The van der Waals surface area contributed by atoms with E-state index in [1.807, 2.05) is 97.3 Å². The molecule has 8 heteroatoms. The summed E-state index contributed by atoms with van der Waals surface area (Å²) in [5.74, 6) is 3.80. The summed E-state index contributed by atoms with van der Waals surface area (Å²) < 4.78 is 14.4. The molecule has 3 aromatic carbocycles. The third-order valence-corrected chi connectivity index (χ3v) is 7.84. The lowest BCUT2D eigenvalue weighted by Gasteiger charge is -2.21. The molecule has 0 radical (unpaired) electrons. The predicted octanol–water partition coefficient (Wildman–Crippen LogP) is 9.05. The summed E-state index contributed by atoms with van der Waals surface area (Å²) in [4.78, 5) is 16.4. The van der Waals surface area contributed by atoms with Gasteiger partial charge in [0, 0.05) is 60.9 Å². The van der Waals surface area contributed by atoms with Gasteiger partial charge in [-0.15, -0.1) is 0 Å². The van der Waals surface area contributed by atoms with Gasteiger partial charge in [0.25, 0.3) is 0 Å². The van der Waals surface area contributed by atoms with Crippen LogP contribution in [-0.2, 0) is 19.5 Å². The summed E-state index contributed by atoms with van der Waals surface area (Å²) in [5.41, 5.74) is 5.03. The number of imidazole rings is 1. The Labute approximate surface area is 281 Å². The first-order valence-electron chi connectivity index (χ1n) is 15.9. The van der Waals surface area contributed by atoms with E-state index in [4.69, 9.17) is 26.1 Å². The Kier molecular flexibility index (Phi) is 10.6. The van der Waals surface area contributed by atoms with Crippen LogP contribution in [0.15, 0.2) is 128 Å². The van der Waals surface area contributed by atoms with Gasteiger partial charge in [-0.25, -0.2) is 4.98 Å². The van der Waals surface area contributed by atoms with E-state index in [2.05, 4.69) is 63.7 Å². The smallest absolute Gasteiger partial charge is 0.127 e. The molecule has 0 aliphatic rings. The molecule has 0 bridgehead atoms. The van der Waals surface area contributed by atoms with Gasteiger partial charge >= 0.3 is 0 Å². The zero-order valence-corrected chi connectivity index (χ0v) is 27.4. The summed E-state index contributed by atoms with van der Waals surface area (Å²) in [6, 6.07) is 35.6. The highest BCUT2D eigenvalue weighted by atomic mass is 35.5. The van der Waals surface area contributed by atoms with E-state index < -0.39 is 0 Å². The van der Waals surface area contributed by atoms with Gasteiger partial charge in [-0.1, -0.05) is 37.6 Å². The first kappa shape index (κ1) is 32.0. The molecule has 0 amide bonds. The fraction of sp³-hybridized carbons (Fsp3) is 0.205. The lowest BCUT2D eigenvalue weighted by atomic mass is 10.1. The summed E-state index contributed by atoms with van der Waals surface area (Å²) in [7, 11) is 0. The average Bonchev–Trinajstić information content (AvgIpc) is 3.50. The minimum Gasteiger partial charge on any atom is -0.492 e. The van der Waals surface area contributed by atoms with Crippen LogP contribution in [-0.4, -0.2) is 37.6 Å². The Morgan fingerprint density at radius 2 is 1.32 bits per heavy atom. The third kappa shape index (κ3) is 9.06. The number of ether oxygens (including phenoxy) is 2. The van der Waals surface area contributed by atoms with Gasteiger partial charge in [-0.2, -0.15) is 0 Å². The summed E-state index contributed by atoms with van der Waals surface area (Å²) in [6.45, 7) is 7.15. The Bertz CT molecular complexity index is 1780. The van der Waals surface area contributed by atoms with Crippen molar-refractivity contribution in [3.63, 3.8) is 0 Å². The lowest BCUT2D eigenvalue weighted by Crippen LogP contribution is -2.28. The number of pyridine rings is 2. The second-order valence-corrected chi connectivity index (χ2v) is 12.2. The number of hydrogen-bond acceptors (Lipinski definition) is 6. The predicted molar refractivity (Wildman–Crippen MR) is 187 cm³/mol. The van der Waals surface area contributed by atoms with Crippen molar-refractivity contribution in [2.75, 3.05) is 13.2 Å². The van der Waals surface area contributed by atoms with Crippen molar-refractivity contribution in [3.8, 4) is 34.2 Å². The van der Waals surface area contributed by atoms with Gasteiger partial charge in [0.1, 0.15) is 29.7 Å². The number of rotatable bonds is 14. The summed E-state index contributed by atoms with van der Waals surface area (Å²) in [6.07, 6.45) is 6.62. The second-order valence-electron chi connectivity index (χ2n) is 11.8. The van der Waals surface area contributed by atoms with Crippen LogP contribution < -0.4 is 9.47 Å². The molecule has 47 heavy (non-hydrogen) atoms. The van der Waals surface area contributed by atoms with Crippen LogP contribution in [0.2, 0.25) is 5.02 Å². The third-order valence-electron chi connectivity index (χ3n) is 7.58. The van der Waals surface area contributed by atoms with E-state index >= 15 is 0 Å². The minimum absolute atomic E-state index is 0.460. The Morgan fingerprint density at radius 1 is 0.723 bits per heavy atom. The van der Waals surface area contributed by atoms with E-state index in [9.17, 15) is 0 Å². The Morgan fingerprint density at radius 3 is 1.89 bits per heavy atom. The number of nitrogens with zero attached hydrogens (tertiary/aromatic N) is 5. The molecule has 0 N–H and O–H groups in total. The summed E-state index contributed by atoms with van der Waals surface area (Å²) >= 11 is 6.01. The fourth-order valence-corrected chi connectivity index (χ4v) is 5.40. The number of hydrogen-bond donors (Lipinski definition) is 0. The van der Waals surface area contributed by atoms with Crippen LogP contribution in [0.1, 0.15) is 31.1 Å². The summed E-state index contributed by atoms with van der Waals surface area (Å²) in [5, 5.41) is 0.680. The SMILES string of the molecule is CC(C)Cc1nc(-c2ccc(OCCN(Cc3ccccn3)Cc3ccccn3)cc2)cn1-c1ccc(Oc2ccc(Cl)cc2)cc1. The number of benzene rings is 3. The maximum Gasteiger partial charge on any atom is 0.127 e. The molecule has 6 rings (SSSR count). The molecule has 0 saturated heterocycles. The van der Waals surface area contributed by atoms with Crippen molar-refractivity contribution < 1.29 is 9.47 Å². The van der Waals surface area contributed by atoms with Gasteiger partial charge < -0.3 is 14.0 Å². The highest BCUT2D eigenvalue weighted by Crippen LogP contribution is 2.28. The second kappa shape index (κ2) is 15.5. The van der Waals surface area contributed by atoms with Crippen molar-refractivity contribution in [2.24, 2.45) is 5.92 Å². The molecule has 0 atom stereocenters. The van der Waals surface area contributed by atoms with E-state index in [1.54, 1.807) is 0 Å². The lowest BCUT2D eigenvalue weighted by molar-refractivity contribution is 0.193. The van der Waals surface area contributed by atoms with Gasteiger partial charge in [-0.05, 0) is 103 Å². The zero-order valence-electron chi connectivity index (χ0n) is 26.7. The van der Waals surface area contributed by atoms with Crippen molar-refractivity contribution in [1.82, 2.24) is 24.4 Å². The monoisotopic (exact) mass is 643 g/mol. The Hall–Kier alpha value is -4.98. The maximum absolute atomic E-state index is 6.19. The van der Waals surface area contributed by atoms with Crippen molar-refractivity contribution in [2.45, 2.75) is 33.4 Å². The molecule has 6 aromatic rings. The van der Waals surface area contributed by atoms with E-state index in [0.717, 1.165) is 77.5 Å². The molecule has 0 fully saturated rings. The van der Waals surface area contributed by atoms with Crippen molar-refractivity contribution in [1.29, 1.82) is 0 Å². The zero-order chi connectivity index (χ0) is 32.4. The first-order valence-corrected chi connectivity index (χ1v) is 16.2. The molecule has 238 valence electrons. The number of halogens is 1. The van der Waals surface area contributed by atoms with Crippen LogP contribution in [0.4, 0.5) is 0 Å². The molecule has 0 saturated carbocycles. The van der Waals surface area contributed by atoms with Crippen LogP contribution in [0, 0.1) is 5.92 Å². The minimum atomic E-state index is 0.460. The molecule has 7 nitrogen and oxygen atoms in total. The van der Waals surface area contributed by atoms with Gasteiger partial charge in [0.05, 0.1) is 17.1 Å². The highest BCUT2D eigenvalue weighted by Gasteiger charge is 2.14.